The highest BCUT2D eigenvalue weighted by Gasteiger charge is 2.29. The van der Waals surface area contributed by atoms with Crippen LogP contribution in [-0.4, -0.2) is 46.3 Å². The lowest BCUT2D eigenvalue weighted by atomic mass is 10.0. The van der Waals surface area contributed by atoms with Gasteiger partial charge in [-0.3, -0.25) is 9.69 Å². The number of aliphatic hydroxyl groups is 1. The van der Waals surface area contributed by atoms with Crippen LogP contribution in [0.5, 0.6) is 0 Å². The Morgan fingerprint density at radius 3 is 2.07 bits per heavy atom. The monoisotopic (exact) mass is 203 g/mol. The van der Waals surface area contributed by atoms with E-state index < -0.39 is 17.6 Å². The summed E-state index contributed by atoms with van der Waals surface area (Å²) in [6.45, 7) is 7.41. The number of carbonyl (C=O) groups is 1. The normalized spacial score (nSPS) is 14.9. The van der Waals surface area contributed by atoms with Crippen LogP contribution in [0.1, 0.15) is 27.7 Å². The standard InChI is InChI=1S/C10H21NO3/c1-7(2)8(9(12)13)11(5)6-10(3,4)14/h7-8,14H,6H2,1-5H3,(H,12,13). The van der Waals surface area contributed by atoms with Crippen LogP contribution < -0.4 is 0 Å². The van der Waals surface area contributed by atoms with E-state index in [1.165, 1.54) is 0 Å². The molecule has 0 heterocycles. The maximum Gasteiger partial charge on any atom is 0.321 e. The molecule has 14 heavy (non-hydrogen) atoms. The summed E-state index contributed by atoms with van der Waals surface area (Å²) in [4.78, 5) is 12.6. The van der Waals surface area contributed by atoms with Crippen molar-refractivity contribution in [3.05, 3.63) is 0 Å². The molecule has 1 unspecified atom stereocenters. The number of likely N-dealkylation sites (N-methyl/N-ethyl adjacent to an activating group) is 1. The van der Waals surface area contributed by atoms with Crippen molar-refractivity contribution in [3.8, 4) is 0 Å². The molecule has 0 aliphatic heterocycles. The Morgan fingerprint density at radius 2 is 1.86 bits per heavy atom. The Kier molecular flexibility index (Phi) is 4.55. The summed E-state index contributed by atoms with van der Waals surface area (Å²) >= 11 is 0. The number of rotatable bonds is 5. The lowest BCUT2D eigenvalue weighted by molar-refractivity contribution is -0.145. The van der Waals surface area contributed by atoms with Crippen LogP contribution in [0.15, 0.2) is 0 Å². The Morgan fingerprint density at radius 1 is 1.43 bits per heavy atom. The van der Waals surface area contributed by atoms with Gasteiger partial charge >= 0.3 is 5.97 Å². The number of hydrogen-bond acceptors (Lipinski definition) is 3. The highest BCUT2D eigenvalue weighted by atomic mass is 16.4. The van der Waals surface area contributed by atoms with Gasteiger partial charge in [0, 0.05) is 6.54 Å². The quantitative estimate of drug-likeness (QED) is 0.694. The third-order valence-electron chi connectivity index (χ3n) is 2.00. The molecule has 0 amide bonds. The number of carboxylic acids is 1. The topological polar surface area (TPSA) is 60.8 Å². The average Bonchev–Trinajstić information content (AvgIpc) is 1.78. The third kappa shape index (κ3) is 4.58. The van der Waals surface area contributed by atoms with E-state index in [2.05, 4.69) is 0 Å². The molecule has 0 saturated heterocycles. The first-order chi connectivity index (χ1) is 6.15. The molecule has 0 radical (unpaired) electrons. The van der Waals surface area contributed by atoms with Gasteiger partial charge in [-0.15, -0.1) is 0 Å². The van der Waals surface area contributed by atoms with Crippen molar-refractivity contribution in [1.82, 2.24) is 4.90 Å². The highest BCUT2D eigenvalue weighted by Crippen LogP contribution is 2.13. The smallest absolute Gasteiger partial charge is 0.321 e. The molecule has 0 rings (SSSR count). The van der Waals surface area contributed by atoms with Gasteiger partial charge in [0.1, 0.15) is 6.04 Å². The van der Waals surface area contributed by atoms with Gasteiger partial charge in [-0.05, 0) is 26.8 Å². The van der Waals surface area contributed by atoms with E-state index in [-0.39, 0.29) is 5.92 Å². The van der Waals surface area contributed by atoms with Crippen molar-refractivity contribution in [1.29, 1.82) is 0 Å². The van der Waals surface area contributed by atoms with Gasteiger partial charge in [-0.25, -0.2) is 0 Å². The minimum Gasteiger partial charge on any atom is -0.480 e. The molecule has 0 aromatic heterocycles. The molecule has 4 nitrogen and oxygen atoms in total. The maximum absolute atomic E-state index is 10.9. The molecule has 0 aliphatic rings. The average molecular weight is 203 g/mol. The summed E-state index contributed by atoms with van der Waals surface area (Å²) in [5.41, 5.74) is -0.864. The number of nitrogens with zero attached hydrogens (tertiary/aromatic N) is 1. The molecule has 0 bridgehead atoms. The molecule has 4 heteroatoms. The summed E-state index contributed by atoms with van der Waals surface area (Å²) in [7, 11) is 1.72. The van der Waals surface area contributed by atoms with Gasteiger partial charge in [-0.1, -0.05) is 13.8 Å². The van der Waals surface area contributed by atoms with E-state index >= 15 is 0 Å². The molecule has 0 aromatic carbocycles. The van der Waals surface area contributed by atoms with Gasteiger partial charge in [0.2, 0.25) is 0 Å². The highest BCUT2D eigenvalue weighted by molar-refractivity contribution is 5.73. The van der Waals surface area contributed by atoms with Gasteiger partial charge in [0.15, 0.2) is 0 Å². The summed E-state index contributed by atoms with van der Waals surface area (Å²) in [5, 5.41) is 18.6. The fourth-order valence-electron chi connectivity index (χ4n) is 1.69. The van der Waals surface area contributed by atoms with E-state index in [0.717, 1.165) is 0 Å². The van der Waals surface area contributed by atoms with Crippen LogP contribution in [0.3, 0.4) is 0 Å². The second kappa shape index (κ2) is 4.75. The first-order valence-electron chi connectivity index (χ1n) is 4.80. The zero-order valence-electron chi connectivity index (χ0n) is 9.61. The van der Waals surface area contributed by atoms with Crippen LogP contribution in [0, 0.1) is 5.92 Å². The van der Waals surface area contributed by atoms with Crippen molar-refractivity contribution < 1.29 is 15.0 Å². The fraction of sp³-hybridized carbons (Fsp3) is 0.900. The molecule has 0 aromatic rings. The van der Waals surface area contributed by atoms with Crippen LogP contribution in [0.25, 0.3) is 0 Å². The van der Waals surface area contributed by atoms with Crippen LogP contribution in [0.2, 0.25) is 0 Å². The lowest BCUT2D eigenvalue weighted by Crippen LogP contribution is -2.48. The molecule has 2 N–H and O–H groups in total. The summed E-state index contributed by atoms with van der Waals surface area (Å²) in [6.07, 6.45) is 0. The zero-order valence-corrected chi connectivity index (χ0v) is 9.61. The number of aliphatic carboxylic acids is 1. The molecule has 1 atom stereocenters. The van der Waals surface area contributed by atoms with Crippen molar-refractivity contribution >= 4 is 5.97 Å². The van der Waals surface area contributed by atoms with E-state index in [1.807, 2.05) is 13.8 Å². The van der Waals surface area contributed by atoms with Crippen molar-refractivity contribution in [2.24, 2.45) is 5.92 Å². The van der Waals surface area contributed by atoms with Gasteiger partial charge in [0.05, 0.1) is 5.60 Å². The molecule has 84 valence electrons. The molecular weight excluding hydrogens is 182 g/mol. The number of carboxylic acid groups (broad SMARTS) is 1. The van der Waals surface area contributed by atoms with Crippen LogP contribution >= 0.6 is 0 Å². The maximum atomic E-state index is 10.9. The van der Waals surface area contributed by atoms with Gasteiger partial charge in [-0.2, -0.15) is 0 Å². The third-order valence-corrected chi connectivity index (χ3v) is 2.00. The van der Waals surface area contributed by atoms with Crippen molar-refractivity contribution in [3.63, 3.8) is 0 Å². The van der Waals surface area contributed by atoms with Crippen molar-refractivity contribution in [2.45, 2.75) is 39.3 Å². The van der Waals surface area contributed by atoms with Crippen LogP contribution in [-0.2, 0) is 4.79 Å². The zero-order chi connectivity index (χ0) is 11.5. The summed E-state index contributed by atoms with van der Waals surface area (Å²) in [6, 6.07) is -0.540. The largest absolute Gasteiger partial charge is 0.480 e. The second-order valence-electron chi connectivity index (χ2n) is 4.75. The number of hydrogen-bond donors (Lipinski definition) is 2. The Labute approximate surface area is 85.5 Å². The lowest BCUT2D eigenvalue weighted by Gasteiger charge is -2.32. The van der Waals surface area contributed by atoms with E-state index in [4.69, 9.17) is 5.11 Å². The molecule has 0 saturated carbocycles. The molecule has 0 spiro atoms. The molecule has 0 aliphatic carbocycles. The molecule has 0 fully saturated rings. The summed E-state index contributed by atoms with van der Waals surface area (Å²) < 4.78 is 0. The predicted octanol–water partition coefficient (Wildman–Crippen LogP) is 0.798. The molecular formula is C10H21NO3. The van der Waals surface area contributed by atoms with E-state index in [0.29, 0.717) is 6.54 Å². The minimum absolute atomic E-state index is 0.0276. The second-order valence-corrected chi connectivity index (χ2v) is 4.75. The van der Waals surface area contributed by atoms with E-state index in [1.54, 1.807) is 25.8 Å². The van der Waals surface area contributed by atoms with E-state index in [9.17, 15) is 9.90 Å². The Hall–Kier alpha value is -0.610. The van der Waals surface area contributed by atoms with Crippen LogP contribution in [0.4, 0.5) is 0 Å². The Bertz CT molecular complexity index is 196. The predicted molar refractivity (Wildman–Crippen MR) is 55.2 cm³/mol. The van der Waals surface area contributed by atoms with Crippen molar-refractivity contribution in [2.75, 3.05) is 13.6 Å². The van der Waals surface area contributed by atoms with Gasteiger partial charge in [0.25, 0.3) is 0 Å². The fourth-order valence-corrected chi connectivity index (χ4v) is 1.69. The SMILES string of the molecule is CC(C)C(C(=O)O)N(C)CC(C)(C)O. The minimum atomic E-state index is -0.864. The first kappa shape index (κ1) is 13.4. The first-order valence-corrected chi connectivity index (χ1v) is 4.80. The summed E-state index contributed by atoms with van der Waals surface area (Å²) in [5.74, 6) is -0.813. The Balaban J connectivity index is 4.46. The van der Waals surface area contributed by atoms with Gasteiger partial charge < -0.3 is 10.2 Å².